The molecule has 6 heteroatoms. The maximum absolute atomic E-state index is 12.7. The Bertz CT molecular complexity index is 1230. The predicted molar refractivity (Wildman–Crippen MR) is 119 cm³/mol. The van der Waals surface area contributed by atoms with Crippen LogP contribution in [0.25, 0.3) is 22.0 Å². The maximum Gasteiger partial charge on any atom is 0.340 e. The van der Waals surface area contributed by atoms with Crippen molar-refractivity contribution in [1.82, 2.24) is 4.57 Å². The molecule has 1 aromatic heterocycles. The minimum atomic E-state index is -0.562. The second kappa shape index (κ2) is 8.43. The van der Waals surface area contributed by atoms with E-state index in [0.717, 1.165) is 22.0 Å². The molecule has 1 N–H and O–H groups in total. The van der Waals surface area contributed by atoms with Crippen LogP contribution in [-0.4, -0.2) is 23.6 Å². The van der Waals surface area contributed by atoms with Gasteiger partial charge in [0.15, 0.2) is 0 Å². The fraction of sp³-hybridized carbons (Fsp3) is 0.0833. The number of ether oxygens (including phenoxy) is 1. The molecule has 0 unspecified atom stereocenters. The Kier molecular flexibility index (Phi) is 5.55. The number of amides is 1. The third-order valence-corrected chi connectivity index (χ3v) is 5.19. The van der Waals surface area contributed by atoms with Gasteiger partial charge in [-0.25, -0.2) is 4.79 Å². The third kappa shape index (κ3) is 3.93. The maximum atomic E-state index is 12.7. The molecule has 3 aromatic carbocycles. The van der Waals surface area contributed by atoms with Gasteiger partial charge in [-0.3, -0.25) is 4.79 Å². The summed E-state index contributed by atoms with van der Waals surface area (Å²) in [5, 5.41) is 4.05. The van der Waals surface area contributed by atoms with E-state index in [9.17, 15) is 9.59 Å². The zero-order valence-electron chi connectivity index (χ0n) is 16.3. The summed E-state index contributed by atoms with van der Waals surface area (Å²) in [6.45, 7) is 0.0834. The minimum Gasteiger partial charge on any atom is -0.465 e. The number of anilines is 1. The van der Waals surface area contributed by atoms with Gasteiger partial charge in [-0.05, 0) is 41.5 Å². The van der Waals surface area contributed by atoms with E-state index in [0.29, 0.717) is 0 Å². The second-order valence-electron chi connectivity index (χ2n) is 6.79. The van der Waals surface area contributed by atoms with Gasteiger partial charge >= 0.3 is 5.97 Å². The van der Waals surface area contributed by atoms with Crippen LogP contribution in [-0.2, 0) is 16.1 Å². The number of carbonyl (C=O) groups is 2. The first-order chi connectivity index (χ1) is 14.6. The number of fused-ring (bicyclic) bond motifs is 1. The van der Waals surface area contributed by atoms with Crippen molar-refractivity contribution in [2.45, 2.75) is 6.54 Å². The number of benzene rings is 3. The first-order valence-electron chi connectivity index (χ1n) is 9.38. The largest absolute Gasteiger partial charge is 0.465 e. The molecule has 5 nitrogen and oxygen atoms in total. The van der Waals surface area contributed by atoms with Gasteiger partial charge in [-0.2, -0.15) is 0 Å². The van der Waals surface area contributed by atoms with Crippen LogP contribution in [0.2, 0.25) is 5.02 Å². The molecular weight excluding hydrogens is 400 g/mol. The highest BCUT2D eigenvalue weighted by molar-refractivity contribution is 6.34. The lowest BCUT2D eigenvalue weighted by Crippen LogP contribution is -2.20. The quantitative estimate of drug-likeness (QED) is 0.442. The van der Waals surface area contributed by atoms with Crippen molar-refractivity contribution in [2.75, 3.05) is 12.4 Å². The van der Waals surface area contributed by atoms with Crippen LogP contribution in [0, 0.1) is 0 Å². The lowest BCUT2D eigenvalue weighted by atomic mass is 10.0. The van der Waals surface area contributed by atoms with E-state index in [2.05, 4.69) is 23.5 Å². The number of methoxy groups -OCH3 is 1. The summed E-state index contributed by atoms with van der Waals surface area (Å²) in [5.41, 5.74) is 3.65. The summed E-state index contributed by atoms with van der Waals surface area (Å²) < 4.78 is 6.63. The molecule has 4 rings (SSSR count). The van der Waals surface area contributed by atoms with Gasteiger partial charge in [-0.15, -0.1) is 0 Å². The van der Waals surface area contributed by atoms with E-state index in [1.807, 2.05) is 47.2 Å². The van der Waals surface area contributed by atoms with Crippen LogP contribution < -0.4 is 5.32 Å². The van der Waals surface area contributed by atoms with Crippen molar-refractivity contribution in [1.29, 1.82) is 0 Å². The summed E-state index contributed by atoms with van der Waals surface area (Å²) in [5.74, 6) is -0.856. The molecular formula is C24H19ClN2O3. The third-order valence-electron chi connectivity index (χ3n) is 4.88. The van der Waals surface area contributed by atoms with Crippen molar-refractivity contribution in [3.8, 4) is 11.1 Å². The van der Waals surface area contributed by atoms with Gasteiger partial charge < -0.3 is 14.6 Å². The highest BCUT2D eigenvalue weighted by Gasteiger charge is 2.17. The SMILES string of the molecule is COC(=O)c1cccc(Cl)c1NC(=O)Cn1ccc2cc(-c3ccccc3)ccc21. The fourth-order valence-electron chi connectivity index (χ4n) is 3.41. The van der Waals surface area contributed by atoms with E-state index in [-0.39, 0.29) is 28.7 Å². The fourth-order valence-corrected chi connectivity index (χ4v) is 3.63. The number of hydrogen-bond donors (Lipinski definition) is 1. The number of hydrogen-bond acceptors (Lipinski definition) is 3. The molecule has 0 bridgehead atoms. The lowest BCUT2D eigenvalue weighted by Gasteiger charge is -2.12. The molecule has 0 spiro atoms. The van der Waals surface area contributed by atoms with E-state index < -0.39 is 5.97 Å². The van der Waals surface area contributed by atoms with Gasteiger partial charge in [-0.1, -0.05) is 54.1 Å². The van der Waals surface area contributed by atoms with Crippen molar-refractivity contribution in [3.05, 3.63) is 89.6 Å². The number of nitrogens with zero attached hydrogens (tertiary/aromatic N) is 1. The number of rotatable bonds is 5. The van der Waals surface area contributed by atoms with Crippen LogP contribution in [0.5, 0.6) is 0 Å². The summed E-state index contributed by atoms with van der Waals surface area (Å²) in [6, 6.07) is 23.0. The number of carbonyl (C=O) groups excluding carboxylic acids is 2. The second-order valence-corrected chi connectivity index (χ2v) is 7.19. The topological polar surface area (TPSA) is 60.3 Å². The van der Waals surface area contributed by atoms with Gasteiger partial charge in [0.05, 0.1) is 23.4 Å². The lowest BCUT2D eigenvalue weighted by molar-refractivity contribution is -0.116. The van der Waals surface area contributed by atoms with Crippen LogP contribution in [0.3, 0.4) is 0 Å². The monoisotopic (exact) mass is 418 g/mol. The van der Waals surface area contributed by atoms with Crippen molar-refractivity contribution in [2.24, 2.45) is 0 Å². The molecule has 0 aliphatic heterocycles. The molecule has 0 fully saturated rings. The molecule has 0 aliphatic carbocycles. The zero-order chi connectivity index (χ0) is 21.1. The zero-order valence-corrected chi connectivity index (χ0v) is 17.0. The Morgan fingerprint density at radius 3 is 2.53 bits per heavy atom. The summed E-state index contributed by atoms with van der Waals surface area (Å²) >= 11 is 6.20. The van der Waals surface area contributed by atoms with E-state index in [4.69, 9.17) is 16.3 Å². The number of aromatic nitrogens is 1. The molecule has 0 saturated carbocycles. The van der Waals surface area contributed by atoms with Crippen molar-refractivity contribution < 1.29 is 14.3 Å². The molecule has 0 atom stereocenters. The van der Waals surface area contributed by atoms with E-state index >= 15 is 0 Å². The van der Waals surface area contributed by atoms with Crippen LogP contribution in [0.15, 0.2) is 79.0 Å². The number of nitrogens with one attached hydrogen (secondary N) is 1. The van der Waals surface area contributed by atoms with Crippen LogP contribution in [0.4, 0.5) is 5.69 Å². The normalized spacial score (nSPS) is 10.7. The van der Waals surface area contributed by atoms with Gasteiger partial charge in [0, 0.05) is 17.1 Å². The molecule has 0 radical (unpaired) electrons. The van der Waals surface area contributed by atoms with Crippen LogP contribution in [0.1, 0.15) is 10.4 Å². The number of para-hydroxylation sites is 1. The first-order valence-corrected chi connectivity index (χ1v) is 9.75. The molecule has 0 saturated heterocycles. The predicted octanol–water partition coefficient (Wildman–Crippen LogP) is 5.39. The van der Waals surface area contributed by atoms with Crippen molar-refractivity contribution >= 4 is 40.1 Å². The molecule has 1 amide bonds. The Morgan fingerprint density at radius 1 is 0.967 bits per heavy atom. The summed E-state index contributed by atoms with van der Waals surface area (Å²) in [6.07, 6.45) is 1.87. The highest BCUT2D eigenvalue weighted by Crippen LogP contribution is 2.28. The Labute approximate surface area is 178 Å². The molecule has 150 valence electrons. The van der Waals surface area contributed by atoms with Crippen molar-refractivity contribution in [3.63, 3.8) is 0 Å². The Balaban J connectivity index is 1.57. The van der Waals surface area contributed by atoms with Gasteiger partial charge in [0.2, 0.25) is 5.91 Å². The van der Waals surface area contributed by atoms with Crippen LogP contribution >= 0.6 is 11.6 Å². The minimum absolute atomic E-state index is 0.0834. The standard InChI is InChI=1S/C24H19ClN2O3/c1-30-24(29)19-8-5-9-20(25)23(19)26-22(28)15-27-13-12-18-14-17(10-11-21(18)27)16-6-3-2-4-7-16/h2-14H,15H2,1H3,(H,26,28). The van der Waals surface area contributed by atoms with E-state index in [1.165, 1.54) is 7.11 Å². The Morgan fingerprint density at radius 2 is 1.77 bits per heavy atom. The van der Waals surface area contributed by atoms with Gasteiger partial charge in [0.1, 0.15) is 6.54 Å². The number of halogens is 1. The molecule has 4 aromatic rings. The molecule has 1 heterocycles. The first kappa shape index (κ1) is 19.7. The average molecular weight is 419 g/mol. The highest BCUT2D eigenvalue weighted by atomic mass is 35.5. The summed E-state index contributed by atoms with van der Waals surface area (Å²) in [7, 11) is 1.28. The average Bonchev–Trinajstić information content (AvgIpc) is 3.17. The molecule has 30 heavy (non-hydrogen) atoms. The smallest absolute Gasteiger partial charge is 0.340 e. The Hall–Kier alpha value is -3.57. The number of esters is 1. The molecule has 0 aliphatic rings. The summed E-state index contributed by atoms with van der Waals surface area (Å²) in [4.78, 5) is 24.7. The van der Waals surface area contributed by atoms with E-state index in [1.54, 1.807) is 18.2 Å². The van der Waals surface area contributed by atoms with Gasteiger partial charge in [0.25, 0.3) is 0 Å².